The third kappa shape index (κ3) is 2.71. The SMILES string of the molecule is CC(C)CC1CC(=O)N(C(C)C)C1. The molecule has 1 amide bonds. The molecule has 0 spiro atoms. The summed E-state index contributed by atoms with van der Waals surface area (Å²) in [5.74, 6) is 1.67. The summed E-state index contributed by atoms with van der Waals surface area (Å²) in [5, 5.41) is 0. The van der Waals surface area contributed by atoms with E-state index in [9.17, 15) is 4.79 Å². The van der Waals surface area contributed by atoms with Crippen LogP contribution in [0.3, 0.4) is 0 Å². The first-order valence-electron chi connectivity index (χ1n) is 5.30. The highest BCUT2D eigenvalue weighted by atomic mass is 16.2. The first kappa shape index (κ1) is 10.6. The zero-order chi connectivity index (χ0) is 10.0. The number of amides is 1. The second-order valence-corrected chi connectivity index (χ2v) is 4.84. The van der Waals surface area contributed by atoms with E-state index in [1.54, 1.807) is 0 Å². The molecule has 1 unspecified atom stereocenters. The van der Waals surface area contributed by atoms with Gasteiger partial charge in [-0.2, -0.15) is 0 Å². The van der Waals surface area contributed by atoms with E-state index in [1.165, 1.54) is 6.42 Å². The van der Waals surface area contributed by atoms with Crippen LogP contribution in [0.1, 0.15) is 40.5 Å². The molecule has 0 N–H and O–H groups in total. The molecule has 0 saturated carbocycles. The number of carbonyl (C=O) groups excluding carboxylic acids is 1. The predicted molar refractivity (Wildman–Crippen MR) is 54.4 cm³/mol. The Morgan fingerprint density at radius 1 is 1.38 bits per heavy atom. The number of hydrogen-bond donors (Lipinski definition) is 0. The Labute approximate surface area is 81.3 Å². The highest BCUT2D eigenvalue weighted by Crippen LogP contribution is 2.25. The minimum Gasteiger partial charge on any atom is -0.340 e. The van der Waals surface area contributed by atoms with Crippen molar-refractivity contribution < 1.29 is 4.79 Å². The minimum absolute atomic E-state index is 0.348. The number of rotatable bonds is 3. The fourth-order valence-electron chi connectivity index (χ4n) is 2.13. The van der Waals surface area contributed by atoms with Gasteiger partial charge in [0.2, 0.25) is 5.91 Å². The molecule has 1 fully saturated rings. The number of carbonyl (C=O) groups is 1. The molecule has 13 heavy (non-hydrogen) atoms. The molecule has 2 heteroatoms. The lowest BCUT2D eigenvalue weighted by Crippen LogP contribution is -2.32. The van der Waals surface area contributed by atoms with Crippen LogP contribution in [0.5, 0.6) is 0 Å². The molecule has 0 bridgehead atoms. The van der Waals surface area contributed by atoms with Crippen molar-refractivity contribution in [3.63, 3.8) is 0 Å². The van der Waals surface area contributed by atoms with Gasteiger partial charge in [-0.15, -0.1) is 0 Å². The van der Waals surface area contributed by atoms with Gasteiger partial charge in [-0.05, 0) is 32.1 Å². The van der Waals surface area contributed by atoms with Crippen molar-refractivity contribution in [2.24, 2.45) is 11.8 Å². The minimum atomic E-state index is 0.348. The van der Waals surface area contributed by atoms with E-state index in [0.29, 0.717) is 23.8 Å². The second-order valence-electron chi connectivity index (χ2n) is 4.84. The topological polar surface area (TPSA) is 20.3 Å². The average molecular weight is 183 g/mol. The van der Waals surface area contributed by atoms with Gasteiger partial charge in [0, 0.05) is 19.0 Å². The van der Waals surface area contributed by atoms with Gasteiger partial charge in [0.25, 0.3) is 0 Å². The fourth-order valence-corrected chi connectivity index (χ4v) is 2.13. The summed E-state index contributed by atoms with van der Waals surface area (Å²) in [4.78, 5) is 13.5. The molecule has 1 aliphatic heterocycles. The quantitative estimate of drug-likeness (QED) is 0.657. The van der Waals surface area contributed by atoms with Gasteiger partial charge in [0.15, 0.2) is 0 Å². The Kier molecular flexibility index (Phi) is 3.34. The lowest BCUT2D eigenvalue weighted by molar-refractivity contribution is -0.129. The molecule has 1 aliphatic rings. The van der Waals surface area contributed by atoms with E-state index in [4.69, 9.17) is 0 Å². The van der Waals surface area contributed by atoms with E-state index in [1.807, 2.05) is 4.90 Å². The predicted octanol–water partition coefficient (Wildman–Crippen LogP) is 2.29. The van der Waals surface area contributed by atoms with Crippen LogP contribution in [-0.4, -0.2) is 23.4 Å². The molecular formula is C11H21NO. The summed E-state index contributed by atoms with van der Waals surface area (Å²) < 4.78 is 0. The van der Waals surface area contributed by atoms with Gasteiger partial charge in [0.1, 0.15) is 0 Å². The molecular weight excluding hydrogens is 162 g/mol. The molecule has 1 atom stereocenters. The van der Waals surface area contributed by atoms with Crippen molar-refractivity contribution in [1.29, 1.82) is 0 Å². The molecule has 0 aromatic heterocycles. The van der Waals surface area contributed by atoms with E-state index < -0.39 is 0 Å². The van der Waals surface area contributed by atoms with Gasteiger partial charge < -0.3 is 4.90 Å². The number of hydrogen-bond acceptors (Lipinski definition) is 1. The zero-order valence-electron chi connectivity index (χ0n) is 9.21. The smallest absolute Gasteiger partial charge is 0.223 e. The average Bonchev–Trinajstić information content (AvgIpc) is 2.29. The molecule has 0 aliphatic carbocycles. The van der Waals surface area contributed by atoms with E-state index in [-0.39, 0.29) is 0 Å². The normalized spacial score (nSPS) is 23.7. The Hall–Kier alpha value is -0.530. The summed E-state index contributed by atoms with van der Waals surface area (Å²) in [5.41, 5.74) is 0. The fraction of sp³-hybridized carbons (Fsp3) is 0.909. The summed E-state index contributed by atoms with van der Waals surface area (Å²) >= 11 is 0. The molecule has 1 saturated heterocycles. The van der Waals surface area contributed by atoms with Gasteiger partial charge in [-0.3, -0.25) is 4.79 Å². The van der Waals surface area contributed by atoms with E-state index >= 15 is 0 Å². The maximum absolute atomic E-state index is 11.5. The summed E-state index contributed by atoms with van der Waals surface area (Å²) in [7, 11) is 0. The van der Waals surface area contributed by atoms with Crippen LogP contribution >= 0.6 is 0 Å². The van der Waals surface area contributed by atoms with Gasteiger partial charge in [-0.1, -0.05) is 13.8 Å². The standard InChI is InChI=1S/C11H21NO/c1-8(2)5-10-6-11(13)12(7-10)9(3)4/h8-10H,5-7H2,1-4H3. The van der Waals surface area contributed by atoms with Crippen molar-refractivity contribution in [3.8, 4) is 0 Å². The van der Waals surface area contributed by atoms with Crippen LogP contribution in [0.2, 0.25) is 0 Å². The van der Waals surface area contributed by atoms with Crippen molar-refractivity contribution in [3.05, 3.63) is 0 Å². The van der Waals surface area contributed by atoms with Crippen LogP contribution in [0.25, 0.3) is 0 Å². The van der Waals surface area contributed by atoms with Crippen LogP contribution < -0.4 is 0 Å². The lowest BCUT2D eigenvalue weighted by Gasteiger charge is -2.21. The van der Waals surface area contributed by atoms with Crippen LogP contribution in [0.15, 0.2) is 0 Å². The van der Waals surface area contributed by atoms with Crippen LogP contribution in [-0.2, 0) is 4.79 Å². The zero-order valence-corrected chi connectivity index (χ0v) is 9.21. The third-order valence-electron chi connectivity index (χ3n) is 2.67. The Bertz CT molecular complexity index is 187. The van der Waals surface area contributed by atoms with Gasteiger partial charge in [-0.25, -0.2) is 0 Å². The molecule has 0 aromatic rings. The summed E-state index contributed by atoms with van der Waals surface area (Å²) in [6.07, 6.45) is 1.96. The Balaban J connectivity index is 2.45. The maximum Gasteiger partial charge on any atom is 0.223 e. The monoisotopic (exact) mass is 183 g/mol. The molecule has 1 heterocycles. The van der Waals surface area contributed by atoms with Gasteiger partial charge >= 0.3 is 0 Å². The molecule has 0 radical (unpaired) electrons. The first-order chi connectivity index (χ1) is 6.00. The van der Waals surface area contributed by atoms with Crippen LogP contribution in [0, 0.1) is 11.8 Å². The Morgan fingerprint density at radius 3 is 2.38 bits per heavy atom. The Morgan fingerprint density at radius 2 is 2.00 bits per heavy atom. The number of likely N-dealkylation sites (tertiary alicyclic amines) is 1. The summed E-state index contributed by atoms with van der Waals surface area (Å²) in [6.45, 7) is 9.62. The first-order valence-corrected chi connectivity index (χ1v) is 5.30. The van der Waals surface area contributed by atoms with E-state index in [2.05, 4.69) is 27.7 Å². The molecule has 2 nitrogen and oxygen atoms in total. The largest absolute Gasteiger partial charge is 0.340 e. The highest BCUT2D eigenvalue weighted by Gasteiger charge is 2.30. The van der Waals surface area contributed by atoms with Crippen molar-refractivity contribution in [1.82, 2.24) is 4.90 Å². The maximum atomic E-state index is 11.5. The van der Waals surface area contributed by atoms with Crippen molar-refractivity contribution in [2.75, 3.05) is 6.54 Å². The number of nitrogens with zero attached hydrogens (tertiary/aromatic N) is 1. The van der Waals surface area contributed by atoms with Crippen molar-refractivity contribution in [2.45, 2.75) is 46.6 Å². The van der Waals surface area contributed by atoms with Crippen molar-refractivity contribution >= 4 is 5.91 Å². The van der Waals surface area contributed by atoms with Crippen LogP contribution in [0.4, 0.5) is 0 Å². The highest BCUT2D eigenvalue weighted by molar-refractivity contribution is 5.78. The lowest BCUT2D eigenvalue weighted by atomic mass is 9.96. The third-order valence-corrected chi connectivity index (χ3v) is 2.67. The summed E-state index contributed by atoms with van der Waals surface area (Å²) in [6, 6.07) is 0.379. The molecule has 76 valence electrons. The molecule has 0 aromatic carbocycles. The van der Waals surface area contributed by atoms with E-state index in [0.717, 1.165) is 13.0 Å². The molecule has 1 rings (SSSR count). The second kappa shape index (κ2) is 4.12. The van der Waals surface area contributed by atoms with Gasteiger partial charge in [0.05, 0.1) is 0 Å².